The van der Waals surface area contributed by atoms with Gasteiger partial charge in [-0.2, -0.15) is 0 Å². The predicted molar refractivity (Wildman–Crippen MR) is 44.6 cm³/mol. The molecular formula is C8H10N4Zn. The van der Waals surface area contributed by atoms with Crippen molar-refractivity contribution in [3.8, 4) is 0 Å². The van der Waals surface area contributed by atoms with Gasteiger partial charge in [0, 0.05) is 0 Å². The van der Waals surface area contributed by atoms with Gasteiger partial charge in [-0.3, -0.25) is 0 Å². The molecule has 64 valence electrons. The maximum absolute atomic E-state index is 3.81. The Balaban J connectivity index is 0.000000206. The molecule has 0 fully saturated rings. The van der Waals surface area contributed by atoms with E-state index in [1.807, 2.05) is 13.8 Å². The second-order valence-corrected chi connectivity index (χ2v) is 2.21. The average Bonchev–Trinajstić information content (AvgIpc) is 2.63. The molecule has 0 unspecified atom stereocenters. The number of rotatable bonds is 0. The molecule has 0 aliphatic carbocycles. The van der Waals surface area contributed by atoms with Crippen molar-refractivity contribution in [1.29, 1.82) is 0 Å². The van der Waals surface area contributed by atoms with Gasteiger partial charge >= 0.3 is 19.5 Å². The summed E-state index contributed by atoms with van der Waals surface area (Å²) in [6, 6.07) is 0. The molecule has 0 saturated carbocycles. The minimum Gasteiger partial charge on any atom is -0.447 e. The van der Waals surface area contributed by atoms with Gasteiger partial charge in [0.15, 0.2) is 0 Å². The molecule has 0 atom stereocenters. The molecule has 13 heavy (non-hydrogen) atoms. The van der Waals surface area contributed by atoms with E-state index in [2.05, 4.69) is 19.9 Å². The summed E-state index contributed by atoms with van der Waals surface area (Å²) >= 11 is 0. The van der Waals surface area contributed by atoms with Crippen molar-refractivity contribution in [2.45, 2.75) is 13.8 Å². The van der Waals surface area contributed by atoms with Crippen LogP contribution in [0.1, 0.15) is 11.6 Å². The van der Waals surface area contributed by atoms with E-state index in [1.54, 1.807) is 24.8 Å². The molecule has 2 aromatic rings. The number of aryl methyl sites for hydroxylation is 2. The van der Waals surface area contributed by atoms with E-state index in [0.717, 1.165) is 11.6 Å². The number of aromatic nitrogens is 4. The van der Waals surface area contributed by atoms with Crippen molar-refractivity contribution in [1.82, 2.24) is 19.9 Å². The van der Waals surface area contributed by atoms with Crippen molar-refractivity contribution >= 4 is 0 Å². The summed E-state index contributed by atoms with van der Waals surface area (Å²) in [6.07, 6.45) is 6.70. The molecule has 0 radical (unpaired) electrons. The van der Waals surface area contributed by atoms with E-state index < -0.39 is 0 Å². The van der Waals surface area contributed by atoms with Gasteiger partial charge in [-0.25, -0.2) is 0 Å². The van der Waals surface area contributed by atoms with E-state index in [1.165, 1.54) is 0 Å². The molecule has 0 N–H and O–H groups in total. The Labute approximate surface area is 90.0 Å². The second-order valence-electron chi connectivity index (χ2n) is 2.21. The average molecular weight is 228 g/mol. The topological polar surface area (TPSA) is 54.0 Å². The summed E-state index contributed by atoms with van der Waals surface area (Å²) in [5.41, 5.74) is 0. The van der Waals surface area contributed by atoms with Crippen molar-refractivity contribution in [2.24, 2.45) is 0 Å². The van der Waals surface area contributed by atoms with Gasteiger partial charge in [-0.15, -0.1) is 0 Å². The SMILES string of the molecule is Cc1ncc[n-]1.Cc1ncc[n-]1.[Zn+2]. The molecule has 0 aliphatic rings. The van der Waals surface area contributed by atoms with Gasteiger partial charge < -0.3 is 19.9 Å². The van der Waals surface area contributed by atoms with Crippen LogP contribution in [0, 0.1) is 13.8 Å². The maximum atomic E-state index is 3.81. The van der Waals surface area contributed by atoms with Crippen molar-refractivity contribution in [3.63, 3.8) is 0 Å². The maximum Gasteiger partial charge on any atom is 2.00 e. The summed E-state index contributed by atoms with van der Waals surface area (Å²) in [7, 11) is 0. The first-order valence-corrected chi connectivity index (χ1v) is 3.59. The van der Waals surface area contributed by atoms with Crippen molar-refractivity contribution in [2.75, 3.05) is 0 Å². The van der Waals surface area contributed by atoms with Crippen LogP contribution in [0.3, 0.4) is 0 Å². The number of nitrogens with zero attached hydrogens (tertiary/aromatic N) is 4. The number of imidazole rings is 2. The van der Waals surface area contributed by atoms with Crippen LogP contribution >= 0.6 is 0 Å². The van der Waals surface area contributed by atoms with Crippen LogP contribution in [0.2, 0.25) is 0 Å². The third kappa shape index (κ3) is 5.31. The fraction of sp³-hybridized carbons (Fsp3) is 0.250. The normalized spacial score (nSPS) is 8.15. The molecule has 0 amide bonds. The fourth-order valence-corrected chi connectivity index (χ4v) is 0.631. The quantitative estimate of drug-likeness (QED) is 0.622. The number of hydrogen-bond donors (Lipinski definition) is 0. The van der Waals surface area contributed by atoms with Crippen molar-refractivity contribution in [3.05, 3.63) is 36.4 Å². The molecule has 0 aromatic carbocycles. The zero-order valence-corrected chi connectivity index (χ0v) is 10.8. The molecule has 2 aromatic heterocycles. The van der Waals surface area contributed by atoms with Gasteiger partial charge in [0.25, 0.3) is 0 Å². The summed E-state index contributed by atoms with van der Waals surface area (Å²) in [5.74, 6) is 1.69. The molecule has 4 nitrogen and oxygen atoms in total. The monoisotopic (exact) mass is 226 g/mol. The zero-order chi connectivity index (χ0) is 8.81. The third-order valence-electron chi connectivity index (χ3n) is 1.18. The van der Waals surface area contributed by atoms with Gasteiger partial charge in [-0.05, 0) is 13.8 Å². The summed E-state index contributed by atoms with van der Waals surface area (Å²) in [6.45, 7) is 3.72. The Kier molecular flexibility index (Phi) is 6.07. The summed E-state index contributed by atoms with van der Waals surface area (Å²) in [5, 5.41) is 0. The van der Waals surface area contributed by atoms with Crippen molar-refractivity contribution < 1.29 is 19.5 Å². The molecule has 2 heterocycles. The Morgan fingerprint density at radius 2 is 1.31 bits per heavy atom. The molecule has 0 bridgehead atoms. The zero-order valence-electron chi connectivity index (χ0n) is 7.81. The summed E-state index contributed by atoms with van der Waals surface area (Å²) in [4.78, 5) is 15.2. The third-order valence-corrected chi connectivity index (χ3v) is 1.18. The number of hydrogen-bond acceptors (Lipinski definition) is 2. The van der Waals surface area contributed by atoms with E-state index in [4.69, 9.17) is 0 Å². The Morgan fingerprint density at radius 3 is 1.38 bits per heavy atom. The van der Waals surface area contributed by atoms with Gasteiger partial charge in [0.1, 0.15) is 0 Å². The molecule has 5 heteroatoms. The van der Waals surface area contributed by atoms with E-state index in [0.29, 0.717) is 0 Å². The van der Waals surface area contributed by atoms with E-state index in [-0.39, 0.29) is 19.5 Å². The Morgan fingerprint density at radius 1 is 0.923 bits per heavy atom. The van der Waals surface area contributed by atoms with Crippen LogP contribution in [-0.4, -0.2) is 9.97 Å². The Hall–Kier alpha value is -0.957. The van der Waals surface area contributed by atoms with Gasteiger partial charge in [0.05, 0.1) is 0 Å². The molecule has 0 saturated heterocycles. The molecule has 2 rings (SSSR count). The first kappa shape index (κ1) is 12.0. The molecular weight excluding hydrogens is 218 g/mol. The van der Waals surface area contributed by atoms with Crippen LogP contribution in [0.15, 0.2) is 24.8 Å². The van der Waals surface area contributed by atoms with E-state index >= 15 is 0 Å². The van der Waals surface area contributed by atoms with Crippen LogP contribution in [-0.2, 0) is 19.5 Å². The standard InChI is InChI=1S/2C4H5N2.Zn/c2*1-4-5-2-3-6-4;/h2*2-3H,1H3;/q2*-1;+2. The first-order chi connectivity index (χ1) is 5.79. The van der Waals surface area contributed by atoms with Gasteiger partial charge in [-0.1, -0.05) is 36.4 Å². The van der Waals surface area contributed by atoms with Gasteiger partial charge in [0.2, 0.25) is 0 Å². The Bertz CT molecular complexity index is 256. The summed E-state index contributed by atoms with van der Waals surface area (Å²) < 4.78 is 0. The smallest absolute Gasteiger partial charge is 0.447 e. The van der Waals surface area contributed by atoms with Crippen LogP contribution < -0.4 is 9.97 Å². The molecule has 0 spiro atoms. The molecule has 0 aliphatic heterocycles. The van der Waals surface area contributed by atoms with Crippen LogP contribution in [0.5, 0.6) is 0 Å². The van der Waals surface area contributed by atoms with Crippen LogP contribution in [0.25, 0.3) is 0 Å². The minimum atomic E-state index is 0. The minimum absolute atomic E-state index is 0. The van der Waals surface area contributed by atoms with Crippen LogP contribution in [0.4, 0.5) is 0 Å². The first-order valence-electron chi connectivity index (χ1n) is 3.59. The predicted octanol–water partition coefficient (Wildman–Crippen LogP) is 0.692. The fourth-order valence-electron chi connectivity index (χ4n) is 0.631. The second kappa shape index (κ2) is 6.55. The largest absolute Gasteiger partial charge is 2.00 e. The van der Waals surface area contributed by atoms with E-state index in [9.17, 15) is 0 Å².